The van der Waals surface area contributed by atoms with Crippen LogP contribution in [-0.4, -0.2) is 18.1 Å². The van der Waals surface area contributed by atoms with Gasteiger partial charge in [0.25, 0.3) is 0 Å². The molecule has 0 unspecified atom stereocenters. The number of hydrogen-bond acceptors (Lipinski definition) is 6. The molecule has 7 heteroatoms. The van der Waals surface area contributed by atoms with Gasteiger partial charge in [0.1, 0.15) is 23.3 Å². The maximum Gasteiger partial charge on any atom is 0.189 e. The fourth-order valence-electron chi connectivity index (χ4n) is 1.39. The van der Waals surface area contributed by atoms with Crippen molar-refractivity contribution in [2.45, 2.75) is 0 Å². The Morgan fingerprint density at radius 1 is 1.53 bits per heavy atom. The summed E-state index contributed by atoms with van der Waals surface area (Å²) in [5.41, 5.74) is 6.19. The van der Waals surface area contributed by atoms with Gasteiger partial charge in [0.2, 0.25) is 0 Å². The molecule has 0 atom stereocenters. The van der Waals surface area contributed by atoms with E-state index >= 15 is 0 Å². The van der Waals surface area contributed by atoms with Crippen molar-refractivity contribution < 1.29 is 4.74 Å². The van der Waals surface area contributed by atoms with Gasteiger partial charge in [-0.1, -0.05) is 29.0 Å². The summed E-state index contributed by atoms with van der Waals surface area (Å²) in [6.07, 6.45) is 0. The number of rotatable bonds is 5. The van der Waals surface area contributed by atoms with Crippen molar-refractivity contribution in [2.75, 3.05) is 18.5 Å². The maximum absolute atomic E-state index is 8.82. The molecular formula is C12H11ClN4OS. The van der Waals surface area contributed by atoms with E-state index in [1.165, 1.54) is 11.3 Å². The second kappa shape index (κ2) is 6.38. The van der Waals surface area contributed by atoms with E-state index in [9.17, 15) is 0 Å². The predicted octanol–water partition coefficient (Wildman–Crippen LogP) is 2.75. The number of thiazole rings is 1. The lowest BCUT2D eigenvalue weighted by Crippen LogP contribution is -2.10. The van der Waals surface area contributed by atoms with Gasteiger partial charge < -0.3 is 15.8 Å². The fourth-order valence-corrected chi connectivity index (χ4v) is 2.36. The van der Waals surface area contributed by atoms with E-state index in [1.807, 2.05) is 30.3 Å². The van der Waals surface area contributed by atoms with Gasteiger partial charge >= 0.3 is 0 Å². The Kier molecular flexibility index (Phi) is 4.58. The van der Waals surface area contributed by atoms with E-state index in [0.717, 1.165) is 11.4 Å². The average Bonchev–Trinajstić information content (AvgIpc) is 2.77. The van der Waals surface area contributed by atoms with Crippen LogP contribution in [0.3, 0.4) is 0 Å². The highest BCUT2D eigenvalue weighted by Crippen LogP contribution is 2.29. The van der Waals surface area contributed by atoms with Gasteiger partial charge in [-0.3, -0.25) is 0 Å². The largest absolute Gasteiger partial charge is 0.492 e. The van der Waals surface area contributed by atoms with Gasteiger partial charge in [-0.15, -0.1) is 0 Å². The highest BCUT2D eigenvalue weighted by atomic mass is 35.5. The number of nitriles is 1. The van der Waals surface area contributed by atoms with E-state index in [0.29, 0.717) is 23.2 Å². The minimum absolute atomic E-state index is 0.213. The molecule has 0 aliphatic heterocycles. The van der Waals surface area contributed by atoms with Gasteiger partial charge in [-0.05, 0) is 12.1 Å². The molecule has 19 heavy (non-hydrogen) atoms. The van der Waals surface area contributed by atoms with Gasteiger partial charge in [0, 0.05) is 18.3 Å². The van der Waals surface area contributed by atoms with E-state index < -0.39 is 0 Å². The minimum atomic E-state index is 0.213. The Morgan fingerprint density at radius 3 is 3.05 bits per heavy atom. The molecule has 3 N–H and O–H groups in total. The third-order valence-electron chi connectivity index (χ3n) is 2.16. The number of nitrogens with zero attached hydrogens (tertiary/aromatic N) is 2. The smallest absolute Gasteiger partial charge is 0.189 e. The topological polar surface area (TPSA) is 84.0 Å². The summed E-state index contributed by atoms with van der Waals surface area (Å²) in [5.74, 6) is 0.721. The zero-order valence-electron chi connectivity index (χ0n) is 9.89. The lowest BCUT2D eigenvalue weighted by molar-refractivity contribution is 0.328. The van der Waals surface area contributed by atoms with Crippen LogP contribution < -0.4 is 15.8 Å². The zero-order valence-corrected chi connectivity index (χ0v) is 11.5. The molecule has 1 aromatic carbocycles. The first-order valence-corrected chi connectivity index (χ1v) is 6.68. The summed E-state index contributed by atoms with van der Waals surface area (Å²) in [6, 6.07) is 9.39. The summed E-state index contributed by atoms with van der Waals surface area (Å²) >= 11 is 7.01. The van der Waals surface area contributed by atoms with Crippen molar-refractivity contribution in [2.24, 2.45) is 5.73 Å². The van der Waals surface area contributed by atoms with Crippen LogP contribution in [0.2, 0.25) is 5.15 Å². The third-order valence-corrected chi connectivity index (χ3v) is 3.42. The highest BCUT2D eigenvalue weighted by molar-refractivity contribution is 7.16. The predicted molar refractivity (Wildman–Crippen MR) is 76.1 cm³/mol. The van der Waals surface area contributed by atoms with Crippen LogP contribution in [0.15, 0.2) is 24.3 Å². The summed E-state index contributed by atoms with van der Waals surface area (Å²) in [4.78, 5) is 4.45. The number of nitrogens with two attached hydrogens (primary N) is 1. The van der Waals surface area contributed by atoms with Crippen LogP contribution >= 0.6 is 22.9 Å². The van der Waals surface area contributed by atoms with Crippen LogP contribution in [0.5, 0.6) is 5.75 Å². The molecule has 0 spiro atoms. The van der Waals surface area contributed by atoms with Crippen molar-refractivity contribution >= 4 is 33.8 Å². The molecule has 98 valence electrons. The minimum Gasteiger partial charge on any atom is -0.492 e. The molecule has 1 aromatic heterocycles. The zero-order chi connectivity index (χ0) is 13.7. The normalized spacial score (nSPS) is 9.95. The molecule has 0 aliphatic rings. The van der Waals surface area contributed by atoms with Crippen LogP contribution in [-0.2, 0) is 0 Å². The van der Waals surface area contributed by atoms with E-state index in [-0.39, 0.29) is 5.15 Å². The van der Waals surface area contributed by atoms with Crippen molar-refractivity contribution in [3.05, 3.63) is 34.3 Å². The quantitative estimate of drug-likeness (QED) is 0.886. The average molecular weight is 295 g/mol. The van der Waals surface area contributed by atoms with Crippen molar-refractivity contribution in [1.82, 2.24) is 4.98 Å². The Morgan fingerprint density at radius 2 is 2.37 bits per heavy atom. The number of benzene rings is 1. The lowest BCUT2D eigenvalue weighted by atomic mass is 10.3. The SMILES string of the molecule is N#Cc1sc(Nc2cccc(OCCN)c2)nc1Cl. The van der Waals surface area contributed by atoms with Crippen molar-refractivity contribution in [3.63, 3.8) is 0 Å². The van der Waals surface area contributed by atoms with Gasteiger partial charge in [0.15, 0.2) is 10.3 Å². The number of hydrogen-bond donors (Lipinski definition) is 2. The fraction of sp³-hybridized carbons (Fsp3) is 0.167. The first kappa shape index (κ1) is 13.6. The van der Waals surface area contributed by atoms with Crippen LogP contribution in [0.25, 0.3) is 0 Å². The monoisotopic (exact) mass is 294 g/mol. The molecule has 0 amide bonds. The number of halogens is 1. The first-order chi connectivity index (χ1) is 9.22. The number of anilines is 2. The Balaban J connectivity index is 2.12. The summed E-state index contributed by atoms with van der Waals surface area (Å²) in [6.45, 7) is 0.927. The van der Waals surface area contributed by atoms with Crippen molar-refractivity contribution in [3.8, 4) is 11.8 Å². The molecule has 0 saturated heterocycles. The molecule has 0 aliphatic carbocycles. The number of nitrogens with one attached hydrogen (secondary N) is 1. The standard InChI is InChI=1S/C12H11ClN4OS/c13-11-10(7-15)19-12(17-11)16-8-2-1-3-9(6-8)18-5-4-14/h1-3,6H,4-5,14H2,(H,16,17). The molecule has 5 nitrogen and oxygen atoms in total. The maximum atomic E-state index is 8.82. The molecule has 2 rings (SSSR count). The Bertz CT molecular complexity index is 608. The molecule has 0 bridgehead atoms. The Hall–Kier alpha value is -1.81. The van der Waals surface area contributed by atoms with Crippen molar-refractivity contribution in [1.29, 1.82) is 5.26 Å². The number of ether oxygens (including phenoxy) is 1. The lowest BCUT2D eigenvalue weighted by Gasteiger charge is -2.07. The first-order valence-electron chi connectivity index (χ1n) is 5.49. The Labute approximate surface area is 119 Å². The summed E-state index contributed by atoms with van der Waals surface area (Å²) in [5, 5.41) is 12.7. The second-order valence-electron chi connectivity index (χ2n) is 3.54. The second-order valence-corrected chi connectivity index (χ2v) is 4.90. The van der Waals surface area contributed by atoms with E-state index in [4.69, 9.17) is 27.3 Å². The summed E-state index contributed by atoms with van der Waals surface area (Å²) in [7, 11) is 0. The molecule has 0 fully saturated rings. The van der Waals surface area contributed by atoms with Crippen LogP contribution in [0, 0.1) is 11.3 Å². The van der Waals surface area contributed by atoms with Gasteiger partial charge in [0.05, 0.1) is 0 Å². The van der Waals surface area contributed by atoms with E-state index in [1.54, 1.807) is 0 Å². The highest BCUT2D eigenvalue weighted by Gasteiger charge is 2.08. The van der Waals surface area contributed by atoms with Gasteiger partial charge in [-0.25, -0.2) is 4.98 Å². The van der Waals surface area contributed by atoms with Crippen LogP contribution in [0.1, 0.15) is 4.88 Å². The van der Waals surface area contributed by atoms with Gasteiger partial charge in [-0.2, -0.15) is 5.26 Å². The molecular weight excluding hydrogens is 284 g/mol. The van der Waals surface area contributed by atoms with E-state index in [2.05, 4.69) is 10.3 Å². The third kappa shape index (κ3) is 3.58. The summed E-state index contributed by atoms with van der Waals surface area (Å²) < 4.78 is 5.42. The molecule has 0 radical (unpaired) electrons. The number of aromatic nitrogens is 1. The van der Waals surface area contributed by atoms with Crippen LogP contribution in [0.4, 0.5) is 10.8 Å². The molecule has 1 heterocycles. The molecule has 2 aromatic rings. The molecule has 0 saturated carbocycles.